The third-order valence-corrected chi connectivity index (χ3v) is 4.68. The van der Waals surface area contributed by atoms with Crippen molar-refractivity contribution in [3.05, 3.63) is 65.7 Å². The van der Waals surface area contributed by atoms with Gasteiger partial charge in [0.25, 0.3) is 5.91 Å². The SMILES string of the molecule is CC[C@@H](C(=O)NC(C)C)N(CCc1ccccc1)C(=O)COc1ccc(C)cc1. The van der Waals surface area contributed by atoms with Crippen LogP contribution in [-0.2, 0) is 16.0 Å². The van der Waals surface area contributed by atoms with Gasteiger partial charge in [-0.25, -0.2) is 0 Å². The molecule has 29 heavy (non-hydrogen) atoms. The van der Waals surface area contributed by atoms with Crippen LogP contribution in [0.25, 0.3) is 0 Å². The van der Waals surface area contributed by atoms with Gasteiger partial charge in [-0.15, -0.1) is 0 Å². The van der Waals surface area contributed by atoms with Crippen LogP contribution in [-0.4, -0.2) is 41.9 Å². The van der Waals surface area contributed by atoms with Gasteiger partial charge in [0.1, 0.15) is 11.8 Å². The lowest BCUT2D eigenvalue weighted by Gasteiger charge is -2.31. The van der Waals surface area contributed by atoms with Crippen molar-refractivity contribution in [3.63, 3.8) is 0 Å². The highest BCUT2D eigenvalue weighted by Gasteiger charge is 2.28. The average Bonchev–Trinajstić information content (AvgIpc) is 2.70. The number of amides is 2. The zero-order valence-corrected chi connectivity index (χ0v) is 17.9. The second-order valence-electron chi connectivity index (χ2n) is 7.51. The van der Waals surface area contributed by atoms with E-state index in [1.807, 2.05) is 82.3 Å². The summed E-state index contributed by atoms with van der Waals surface area (Å²) in [5.41, 5.74) is 2.26. The van der Waals surface area contributed by atoms with Crippen LogP contribution in [0.15, 0.2) is 54.6 Å². The predicted octanol–water partition coefficient (Wildman–Crippen LogP) is 3.75. The molecule has 0 heterocycles. The largest absolute Gasteiger partial charge is 0.484 e. The third-order valence-electron chi connectivity index (χ3n) is 4.68. The molecule has 0 aromatic heterocycles. The second kappa shape index (κ2) is 11.2. The van der Waals surface area contributed by atoms with E-state index in [0.29, 0.717) is 25.1 Å². The number of ether oxygens (including phenoxy) is 1. The topological polar surface area (TPSA) is 58.6 Å². The Kier molecular flexibility index (Phi) is 8.71. The van der Waals surface area contributed by atoms with E-state index in [1.165, 1.54) is 0 Å². The molecule has 0 saturated heterocycles. The van der Waals surface area contributed by atoms with E-state index in [4.69, 9.17) is 4.74 Å². The lowest BCUT2D eigenvalue weighted by Crippen LogP contribution is -2.52. The van der Waals surface area contributed by atoms with E-state index in [1.54, 1.807) is 4.90 Å². The number of hydrogen-bond donors (Lipinski definition) is 1. The lowest BCUT2D eigenvalue weighted by molar-refractivity contribution is -0.142. The third kappa shape index (κ3) is 7.26. The molecule has 0 saturated carbocycles. The van der Waals surface area contributed by atoms with Gasteiger partial charge in [-0.3, -0.25) is 9.59 Å². The predicted molar refractivity (Wildman–Crippen MR) is 116 cm³/mol. The number of nitrogens with zero attached hydrogens (tertiary/aromatic N) is 1. The van der Waals surface area contributed by atoms with Crippen molar-refractivity contribution < 1.29 is 14.3 Å². The molecule has 5 heteroatoms. The van der Waals surface area contributed by atoms with Crippen molar-refractivity contribution in [1.29, 1.82) is 0 Å². The number of hydrogen-bond acceptors (Lipinski definition) is 3. The fourth-order valence-corrected chi connectivity index (χ4v) is 3.14. The van der Waals surface area contributed by atoms with Gasteiger partial charge in [0.2, 0.25) is 5.91 Å². The summed E-state index contributed by atoms with van der Waals surface area (Å²) >= 11 is 0. The maximum Gasteiger partial charge on any atom is 0.261 e. The van der Waals surface area contributed by atoms with Gasteiger partial charge >= 0.3 is 0 Å². The molecule has 1 N–H and O–H groups in total. The highest BCUT2D eigenvalue weighted by atomic mass is 16.5. The number of nitrogens with one attached hydrogen (secondary N) is 1. The first-order chi connectivity index (χ1) is 13.9. The summed E-state index contributed by atoms with van der Waals surface area (Å²) in [5.74, 6) is 0.332. The molecule has 0 spiro atoms. The van der Waals surface area contributed by atoms with Crippen LogP contribution in [0.2, 0.25) is 0 Å². The maximum absolute atomic E-state index is 13.0. The van der Waals surface area contributed by atoms with Gasteiger partial charge in [0, 0.05) is 12.6 Å². The minimum atomic E-state index is -0.518. The van der Waals surface area contributed by atoms with E-state index in [9.17, 15) is 9.59 Å². The molecule has 5 nitrogen and oxygen atoms in total. The number of carbonyl (C=O) groups is 2. The molecular formula is C24H32N2O3. The Hall–Kier alpha value is -2.82. The first kappa shape index (κ1) is 22.5. The molecule has 0 radical (unpaired) electrons. The molecule has 156 valence electrons. The average molecular weight is 397 g/mol. The Bertz CT molecular complexity index is 772. The van der Waals surface area contributed by atoms with Crippen molar-refractivity contribution in [1.82, 2.24) is 10.2 Å². The van der Waals surface area contributed by atoms with E-state index in [0.717, 1.165) is 11.1 Å². The first-order valence-electron chi connectivity index (χ1n) is 10.2. The molecule has 1 atom stereocenters. The maximum atomic E-state index is 13.0. The highest BCUT2D eigenvalue weighted by molar-refractivity contribution is 5.88. The Morgan fingerprint density at radius 2 is 1.69 bits per heavy atom. The summed E-state index contributed by atoms with van der Waals surface area (Å²) in [6.07, 6.45) is 1.23. The molecular weight excluding hydrogens is 364 g/mol. The summed E-state index contributed by atoms with van der Waals surface area (Å²) in [5, 5.41) is 2.93. The van der Waals surface area contributed by atoms with E-state index in [-0.39, 0.29) is 24.5 Å². The molecule has 0 unspecified atom stereocenters. The fraction of sp³-hybridized carbons (Fsp3) is 0.417. The normalized spacial score (nSPS) is 11.8. The van der Waals surface area contributed by atoms with Crippen LogP contribution in [0.5, 0.6) is 5.75 Å². The monoisotopic (exact) mass is 396 g/mol. The van der Waals surface area contributed by atoms with Crippen molar-refractivity contribution >= 4 is 11.8 Å². The van der Waals surface area contributed by atoms with Gasteiger partial charge in [-0.1, -0.05) is 55.0 Å². The van der Waals surface area contributed by atoms with Gasteiger partial charge < -0.3 is 15.0 Å². The Morgan fingerprint density at radius 1 is 1.03 bits per heavy atom. The summed E-state index contributed by atoms with van der Waals surface area (Å²) in [6, 6.07) is 17.1. The zero-order valence-electron chi connectivity index (χ0n) is 17.9. The minimum Gasteiger partial charge on any atom is -0.484 e. The van der Waals surface area contributed by atoms with E-state index < -0.39 is 6.04 Å². The Labute approximate surface area is 174 Å². The number of benzene rings is 2. The molecule has 0 bridgehead atoms. The van der Waals surface area contributed by atoms with Crippen LogP contribution < -0.4 is 10.1 Å². The quantitative estimate of drug-likeness (QED) is 0.665. The summed E-state index contributed by atoms with van der Waals surface area (Å²) < 4.78 is 5.69. The smallest absolute Gasteiger partial charge is 0.261 e. The lowest BCUT2D eigenvalue weighted by atomic mass is 10.1. The molecule has 0 aliphatic carbocycles. The van der Waals surface area contributed by atoms with Crippen LogP contribution >= 0.6 is 0 Å². The summed E-state index contributed by atoms with van der Waals surface area (Å²) in [6.45, 7) is 8.13. The number of carbonyl (C=O) groups excluding carboxylic acids is 2. The molecule has 2 amide bonds. The molecule has 0 fully saturated rings. The van der Waals surface area contributed by atoms with Crippen molar-refractivity contribution in [2.75, 3.05) is 13.2 Å². The second-order valence-corrected chi connectivity index (χ2v) is 7.51. The summed E-state index contributed by atoms with van der Waals surface area (Å²) in [4.78, 5) is 27.4. The number of aryl methyl sites for hydroxylation is 1. The van der Waals surface area contributed by atoms with Gasteiger partial charge in [0.15, 0.2) is 6.61 Å². The minimum absolute atomic E-state index is 0.0198. The Balaban J connectivity index is 2.11. The molecule has 0 aliphatic heterocycles. The summed E-state index contributed by atoms with van der Waals surface area (Å²) in [7, 11) is 0. The van der Waals surface area contributed by atoms with Crippen LogP contribution in [0.4, 0.5) is 0 Å². The fourth-order valence-electron chi connectivity index (χ4n) is 3.14. The zero-order chi connectivity index (χ0) is 21.2. The molecule has 2 rings (SSSR count). The molecule has 0 aliphatic rings. The molecule has 2 aromatic rings. The van der Waals surface area contributed by atoms with Gasteiger partial charge in [-0.05, 0) is 51.3 Å². The highest BCUT2D eigenvalue weighted by Crippen LogP contribution is 2.13. The van der Waals surface area contributed by atoms with Crippen molar-refractivity contribution in [2.45, 2.75) is 52.6 Å². The van der Waals surface area contributed by atoms with Crippen LogP contribution in [0.1, 0.15) is 38.3 Å². The van der Waals surface area contributed by atoms with Crippen molar-refractivity contribution in [3.8, 4) is 5.75 Å². The van der Waals surface area contributed by atoms with Gasteiger partial charge in [0.05, 0.1) is 0 Å². The molecule has 2 aromatic carbocycles. The van der Waals surface area contributed by atoms with Crippen LogP contribution in [0.3, 0.4) is 0 Å². The number of rotatable bonds is 10. The van der Waals surface area contributed by atoms with E-state index in [2.05, 4.69) is 5.32 Å². The van der Waals surface area contributed by atoms with Gasteiger partial charge in [-0.2, -0.15) is 0 Å². The standard InChI is InChI=1S/C24H32N2O3/c1-5-22(24(28)25-18(2)3)26(16-15-20-9-7-6-8-10-20)23(27)17-29-21-13-11-19(4)12-14-21/h6-14,18,22H,5,15-17H2,1-4H3,(H,25,28)/t22-/m0/s1. The van der Waals surface area contributed by atoms with E-state index >= 15 is 0 Å². The van der Waals surface area contributed by atoms with Crippen molar-refractivity contribution in [2.24, 2.45) is 0 Å². The van der Waals surface area contributed by atoms with Crippen LogP contribution in [0, 0.1) is 6.92 Å². The first-order valence-corrected chi connectivity index (χ1v) is 10.2. The Morgan fingerprint density at radius 3 is 2.28 bits per heavy atom.